The van der Waals surface area contributed by atoms with Crippen LogP contribution >= 0.6 is 23.5 Å². The summed E-state index contributed by atoms with van der Waals surface area (Å²) < 4.78 is 5.41. The molecule has 0 N–H and O–H groups in total. The second-order valence-corrected chi connectivity index (χ2v) is 9.40. The smallest absolute Gasteiger partial charge is 0.269 e. The van der Waals surface area contributed by atoms with Gasteiger partial charge in [-0.25, -0.2) is 4.99 Å². The van der Waals surface area contributed by atoms with Crippen LogP contribution in [0, 0.1) is 0 Å². The van der Waals surface area contributed by atoms with Crippen LogP contribution in [0.4, 0.5) is 11.4 Å². The van der Waals surface area contributed by atoms with Crippen molar-refractivity contribution >= 4 is 56.7 Å². The molecule has 5 rings (SSSR count). The number of likely N-dealkylation sites (N-methyl/N-ethyl adjacent to an activating group) is 1. The fourth-order valence-electron chi connectivity index (χ4n) is 3.93. The standard InChI is InChI=1S/C25H23N3O2S2/c1-4-27-20-15-19(30-3)12-13-21(20)31-24(27)22-23(29)28(5-2)25(32-22)26-18-11-10-16-8-6-7-9-17(16)14-18/h6-15H,4-5H2,1-3H3. The first-order valence-corrected chi connectivity index (χ1v) is 12.2. The van der Waals surface area contributed by atoms with E-state index in [9.17, 15) is 4.79 Å². The first-order valence-electron chi connectivity index (χ1n) is 10.6. The molecule has 2 heterocycles. The Balaban J connectivity index is 1.54. The first-order chi connectivity index (χ1) is 15.6. The molecule has 3 aromatic carbocycles. The molecule has 2 aliphatic heterocycles. The Morgan fingerprint density at radius 3 is 2.44 bits per heavy atom. The number of carbonyl (C=O) groups is 1. The molecule has 0 saturated carbocycles. The summed E-state index contributed by atoms with van der Waals surface area (Å²) in [7, 11) is 1.67. The number of amidine groups is 1. The van der Waals surface area contributed by atoms with Crippen LogP contribution in [0.3, 0.4) is 0 Å². The van der Waals surface area contributed by atoms with Crippen molar-refractivity contribution in [3.63, 3.8) is 0 Å². The number of methoxy groups -OCH3 is 1. The third-order valence-electron chi connectivity index (χ3n) is 5.56. The number of hydrogen-bond donors (Lipinski definition) is 0. The Bertz CT molecular complexity index is 1290. The van der Waals surface area contributed by atoms with Crippen LogP contribution in [-0.2, 0) is 4.79 Å². The van der Waals surface area contributed by atoms with Crippen LogP contribution < -0.4 is 9.64 Å². The number of amides is 1. The van der Waals surface area contributed by atoms with Gasteiger partial charge in [-0.3, -0.25) is 9.69 Å². The monoisotopic (exact) mass is 461 g/mol. The summed E-state index contributed by atoms with van der Waals surface area (Å²) in [6.07, 6.45) is 0. The maximum absolute atomic E-state index is 13.4. The number of nitrogens with zero attached hydrogens (tertiary/aromatic N) is 3. The van der Waals surface area contributed by atoms with E-state index in [1.54, 1.807) is 23.8 Å². The van der Waals surface area contributed by atoms with Crippen LogP contribution in [0.1, 0.15) is 13.8 Å². The molecule has 162 valence electrons. The van der Waals surface area contributed by atoms with Crippen LogP contribution in [0.15, 0.2) is 80.5 Å². The molecule has 2 aliphatic rings. The maximum Gasteiger partial charge on any atom is 0.269 e. The molecule has 5 nitrogen and oxygen atoms in total. The zero-order valence-electron chi connectivity index (χ0n) is 18.2. The van der Waals surface area contributed by atoms with E-state index in [0.29, 0.717) is 6.54 Å². The van der Waals surface area contributed by atoms with Crippen molar-refractivity contribution in [2.45, 2.75) is 18.7 Å². The number of ether oxygens (including phenoxy) is 1. The molecular weight excluding hydrogens is 438 g/mol. The van der Waals surface area contributed by atoms with Crippen LogP contribution in [0.25, 0.3) is 10.8 Å². The van der Waals surface area contributed by atoms with Crippen molar-refractivity contribution in [3.05, 3.63) is 70.6 Å². The van der Waals surface area contributed by atoms with Crippen molar-refractivity contribution < 1.29 is 9.53 Å². The summed E-state index contributed by atoms with van der Waals surface area (Å²) in [5.41, 5.74) is 1.93. The zero-order valence-corrected chi connectivity index (χ0v) is 19.8. The predicted octanol–water partition coefficient (Wildman–Crippen LogP) is 6.23. The van der Waals surface area contributed by atoms with Gasteiger partial charge in [0.2, 0.25) is 0 Å². The Kier molecular flexibility index (Phi) is 5.61. The molecule has 3 aromatic rings. The molecule has 1 fully saturated rings. The quantitative estimate of drug-likeness (QED) is 0.431. The van der Waals surface area contributed by atoms with Crippen molar-refractivity contribution in [3.8, 4) is 5.75 Å². The molecule has 32 heavy (non-hydrogen) atoms. The molecule has 1 saturated heterocycles. The Labute approximate surface area is 196 Å². The van der Waals surface area contributed by atoms with E-state index in [0.717, 1.165) is 49.1 Å². The highest BCUT2D eigenvalue weighted by molar-refractivity contribution is 8.19. The summed E-state index contributed by atoms with van der Waals surface area (Å²) in [6.45, 7) is 5.43. The van der Waals surface area contributed by atoms with E-state index in [2.05, 4.69) is 42.2 Å². The van der Waals surface area contributed by atoms with Gasteiger partial charge in [-0.1, -0.05) is 42.1 Å². The van der Waals surface area contributed by atoms with Gasteiger partial charge in [0.05, 0.1) is 18.5 Å². The minimum atomic E-state index is 0.0118. The lowest BCUT2D eigenvalue weighted by molar-refractivity contribution is -0.122. The third-order valence-corrected chi connectivity index (χ3v) is 7.94. The average molecular weight is 462 g/mol. The summed E-state index contributed by atoms with van der Waals surface area (Å²) in [5, 5.41) is 4.00. The van der Waals surface area contributed by atoms with Gasteiger partial charge in [0.25, 0.3) is 5.91 Å². The second kappa shape index (κ2) is 8.56. The van der Waals surface area contributed by atoms with Gasteiger partial charge < -0.3 is 9.64 Å². The second-order valence-electron chi connectivity index (χ2n) is 7.39. The number of benzene rings is 3. The van der Waals surface area contributed by atoms with Gasteiger partial charge in [-0.05, 0) is 60.6 Å². The van der Waals surface area contributed by atoms with Crippen molar-refractivity contribution in [2.75, 3.05) is 25.1 Å². The number of carbonyl (C=O) groups excluding carboxylic acids is 1. The summed E-state index contributed by atoms with van der Waals surface area (Å²) in [6, 6.07) is 20.4. The summed E-state index contributed by atoms with van der Waals surface area (Å²) >= 11 is 3.10. The van der Waals surface area contributed by atoms with E-state index in [4.69, 9.17) is 9.73 Å². The molecule has 0 aliphatic carbocycles. The fraction of sp³-hybridized carbons (Fsp3) is 0.200. The van der Waals surface area contributed by atoms with E-state index in [1.165, 1.54) is 17.1 Å². The Morgan fingerprint density at radius 2 is 1.69 bits per heavy atom. The first kappa shape index (κ1) is 21.0. The largest absolute Gasteiger partial charge is 0.497 e. The summed E-state index contributed by atoms with van der Waals surface area (Å²) in [5.74, 6) is 0.825. The van der Waals surface area contributed by atoms with E-state index in [1.807, 2.05) is 37.3 Å². The zero-order chi connectivity index (χ0) is 22.2. The van der Waals surface area contributed by atoms with Crippen molar-refractivity contribution in [1.82, 2.24) is 4.90 Å². The van der Waals surface area contributed by atoms with Crippen LogP contribution in [0.2, 0.25) is 0 Å². The molecule has 0 spiro atoms. The minimum Gasteiger partial charge on any atom is -0.497 e. The Morgan fingerprint density at radius 1 is 0.906 bits per heavy atom. The molecule has 7 heteroatoms. The molecular formula is C25H23N3O2S2. The van der Waals surface area contributed by atoms with Gasteiger partial charge in [-0.15, -0.1) is 0 Å². The fourth-order valence-corrected chi connectivity index (χ4v) is 6.36. The lowest BCUT2D eigenvalue weighted by atomic mass is 10.1. The predicted molar refractivity (Wildman–Crippen MR) is 135 cm³/mol. The molecule has 0 aromatic heterocycles. The van der Waals surface area contributed by atoms with Gasteiger partial charge >= 0.3 is 0 Å². The lowest BCUT2D eigenvalue weighted by Gasteiger charge is -2.19. The highest BCUT2D eigenvalue weighted by Gasteiger charge is 2.39. The maximum atomic E-state index is 13.4. The number of aliphatic imine (C=N–C) groups is 1. The van der Waals surface area contributed by atoms with Gasteiger partial charge in [0, 0.05) is 24.1 Å². The highest BCUT2D eigenvalue weighted by atomic mass is 32.2. The van der Waals surface area contributed by atoms with Crippen LogP contribution in [-0.4, -0.2) is 36.2 Å². The number of hydrogen-bond acceptors (Lipinski definition) is 6. The average Bonchev–Trinajstić information content (AvgIpc) is 3.34. The minimum absolute atomic E-state index is 0.0118. The van der Waals surface area contributed by atoms with Crippen molar-refractivity contribution in [2.24, 2.45) is 4.99 Å². The number of fused-ring (bicyclic) bond motifs is 2. The van der Waals surface area contributed by atoms with Crippen molar-refractivity contribution in [1.29, 1.82) is 0 Å². The van der Waals surface area contributed by atoms with E-state index >= 15 is 0 Å². The number of anilines is 1. The topological polar surface area (TPSA) is 45.1 Å². The molecule has 1 amide bonds. The van der Waals surface area contributed by atoms with E-state index in [-0.39, 0.29) is 5.91 Å². The lowest BCUT2D eigenvalue weighted by Crippen LogP contribution is -2.29. The number of rotatable bonds is 4. The molecule has 0 unspecified atom stereocenters. The normalized spacial score (nSPS) is 19.3. The molecule has 0 bridgehead atoms. The van der Waals surface area contributed by atoms with Gasteiger partial charge in [0.1, 0.15) is 15.7 Å². The van der Waals surface area contributed by atoms with Crippen LogP contribution in [0.5, 0.6) is 5.75 Å². The highest BCUT2D eigenvalue weighted by Crippen LogP contribution is 2.51. The van der Waals surface area contributed by atoms with Gasteiger partial charge in [0.15, 0.2) is 5.17 Å². The third kappa shape index (κ3) is 3.55. The van der Waals surface area contributed by atoms with E-state index < -0.39 is 0 Å². The summed E-state index contributed by atoms with van der Waals surface area (Å²) in [4.78, 5) is 24.1. The van der Waals surface area contributed by atoms with Gasteiger partial charge in [-0.2, -0.15) is 0 Å². The molecule has 0 radical (unpaired) electrons. The SMILES string of the molecule is CCN1C(=O)C(=C2Sc3ccc(OC)cc3N2CC)SC1=Nc1ccc2ccccc2c1. The Hall–Kier alpha value is -2.90. The molecule has 0 atom stereocenters. The number of thioether (sulfide) groups is 2.